The number of aryl methyl sites for hydroxylation is 2. The lowest BCUT2D eigenvalue weighted by Gasteiger charge is -2.32. The predicted octanol–water partition coefficient (Wildman–Crippen LogP) is 5.10. The summed E-state index contributed by atoms with van der Waals surface area (Å²) in [6, 6.07) is 14.3. The van der Waals surface area contributed by atoms with Crippen molar-refractivity contribution in [2.45, 2.75) is 39.3 Å². The van der Waals surface area contributed by atoms with Gasteiger partial charge in [-0.2, -0.15) is 0 Å². The summed E-state index contributed by atoms with van der Waals surface area (Å²) in [5, 5.41) is 4.69. The zero-order chi connectivity index (χ0) is 19.7. The molecule has 2 aromatic carbocycles. The Labute approximate surface area is 170 Å². The molecule has 4 nitrogen and oxygen atoms in total. The van der Waals surface area contributed by atoms with Gasteiger partial charge in [0.1, 0.15) is 5.58 Å². The van der Waals surface area contributed by atoms with Crippen LogP contribution >= 0.6 is 11.6 Å². The molecule has 1 amide bonds. The number of amides is 1. The Bertz CT molecular complexity index is 1000. The van der Waals surface area contributed by atoms with Crippen LogP contribution in [0, 0.1) is 13.8 Å². The first-order valence-electron chi connectivity index (χ1n) is 9.77. The van der Waals surface area contributed by atoms with Crippen LogP contribution in [0.25, 0.3) is 11.0 Å². The van der Waals surface area contributed by atoms with E-state index < -0.39 is 0 Å². The average Bonchev–Trinajstić information content (AvgIpc) is 3.00. The first kappa shape index (κ1) is 19.0. The molecule has 1 aliphatic rings. The number of benzene rings is 2. The number of fused-ring (bicyclic) bond motifs is 1. The second kappa shape index (κ2) is 7.98. The smallest absolute Gasteiger partial charge is 0.287 e. The Hall–Kier alpha value is -2.30. The zero-order valence-electron chi connectivity index (χ0n) is 16.3. The molecule has 2 heterocycles. The van der Waals surface area contributed by atoms with E-state index in [0.717, 1.165) is 43.4 Å². The molecule has 0 atom stereocenters. The van der Waals surface area contributed by atoms with Crippen molar-refractivity contribution in [2.24, 2.45) is 0 Å². The van der Waals surface area contributed by atoms with Crippen LogP contribution in [-0.4, -0.2) is 29.9 Å². The molecule has 0 saturated carbocycles. The van der Waals surface area contributed by atoms with Gasteiger partial charge in [-0.1, -0.05) is 41.4 Å². The van der Waals surface area contributed by atoms with E-state index in [1.807, 2.05) is 19.1 Å². The van der Waals surface area contributed by atoms with Gasteiger partial charge < -0.3 is 9.73 Å². The molecule has 1 N–H and O–H groups in total. The molecule has 4 rings (SSSR count). The first-order chi connectivity index (χ1) is 13.5. The summed E-state index contributed by atoms with van der Waals surface area (Å²) in [6.45, 7) is 6.95. The highest BCUT2D eigenvalue weighted by atomic mass is 35.5. The van der Waals surface area contributed by atoms with Crippen molar-refractivity contribution in [3.8, 4) is 0 Å². The van der Waals surface area contributed by atoms with Gasteiger partial charge >= 0.3 is 0 Å². The maximum atomic E-state index is 12.7. The highest BCUT2D eigenvalue weighted by Gasteiger charge is 2.24. The molecule has 0 aliphatic carbocycles. The highest BCUT2D eigenvalue weighted by Crippen LogP contribution is 2.28. The summed E-state index contributed by atoms with van der Waals surface area (Å²) in [7, 11) is 0. The molecule has 3 aromatic rings. The van der Waals surface area contributed by atoms with Crippen LogP contribution in [0.15, 0.2) is 46.9 Å². The molecule has 0 radical (unpaired) electrons. The fraction of sp³-hybridized carbons (Fsp3) is 0.348. The second-order valence-corrected chi connectivity index (χ2v) is 8.15. The molecule has 0 spiro atoms. The van der Waals surface area contributed by atoms with Gasteiger partial charge in [-0.25, -0.2) is 0 Å². The van der Waals surface area contributed by atoms with Crippen molar-refractivity contribution >= 4 is 28.5 Å². The van der Waals surface area contributed by atoms with Crippen LogP contribution in [0.2, 0.25) is 5.02 Å². The molecule has 5 heteroatoms. The standard InChI is InChI=1S/C23H25ClN2O2/c1-15-4-3-5-17(12-15)14-26-10-8-19(9-11-26)25-23(27)22-16(2)20-13-18(24)6-7-21(20)28-22/h3-7,12-13,19H,8-11,14H2,1-2H3,(H,25,27). The van der Waals surface area contributed by atoms with Crippen molar-refractivity contribution in [3.63, 3.8) is 0 Å². The lowest BCUT2D eigenvalue weighted by atomic mass is 10.0. The van der Waals surface area contributed by atoms with E-state index in [0.29, 0.717) is 16.4 Å². The number of hydrogen-bond acceptors (Lipinski definition) is 3. The highest BCUT2D eigenvalue weighted by molar-refractivity contribution is 6.31. The zero-order valence-corrected chi connectivity index (χ0v) is 17.1. The van der Waals surface area contributed by atoms with Gasteiger partial charge in [-0.15, -0.1) is 0 Å². The number of nitrogens with one attached hydrogen (secondary N) is 1. The Morgan fingerprint density at radius 2 is 1.96 bits per heavy atom. The van der Waals surface area contributed by atoms with E-state index >= 15 is 0 Å². The van der Waals surface area contributed by atoms with E-state index in [1.54, 1.807) is 6.07 Å². The quantitative estimate of drug-likeness (QED) is 0.667. The molecular formula is C23H25ClN2O2. The molecule has 146 valence electrons. The number of piperidine rings is 1. The third kappa shape index (κ3) is 4.08. The van der Waals surface area contributed by atoms with Gasteiger partial charge in [0.25, 0.3) is 5.91 Å². The molecule has 1 aromatic heterocycles. The molecule has 0 bridgehead atoms. The summed E-state index contributed by atoms with van der Waals surface area (Å²) < 4.78 is 5.79. The summed E-state index contributed by atoms with van der Waals surface area (Å²) in [5.74, 6) is 0.251. The fourth-order valence-electron chi connectivity index (χ4n) is 3.96. The summed E-state index contributed by atoms with van der Waals surface area (Å²) in [5.41, 5.74) is 4.17. The maximum Gasteiger partial charge on any atom is 0.287 e. The van der Waals surface area contributed by atoms with E-state index in [-0.39, 0.29) is 11.9 Å². The van der Waals surface area contributed by atoms with Crippen LogP contribution in [-0.2, 0) is 6.54 Å². The number of furan rings is 1. The predicted molar refractivity (Wildman–Crippen MR) is 113 cm³/mol. The third-order valence-electron chi connectivity index (χ3n) is 5.52. The van der Waals surface area contributed by atoms with Crippen molar-refractivity contribution in [1.82, 2.24) is 10.2 Å². The van der Waals surface area contributed by atoms with Crippen molar-refractivity contribution in [3.05, 3.63) is 69.9 Å². The van der Waals surface area contributed by atoms with Crippen LogP contribution < -0.4 is 5.32 Å². The van der Waals surface area contributed by atoms with Gasteiger partial charge in [0.05, 0.1) is 0 Å². The fourth-order valence-corrected chi connectivity index (χ4v) is 4.14. The van der Waals surface area contributed by atoms with Crippen LogP contribution in [0.5, 0.6) is 0 Å². The Balaban J connectivity index is 1.36. The maximum absolute atomic E-state index is 12.7. The van der Waals surface area contributed by atoms with Crippen molar-refractivity contribution in [1.29, 1.82) is 0 Å². The number of likely N-dealkylation sites (tertiary alicyclic amines) is 1. The molecule has 1 aliphatic heterocycles. The van der Waals surface area contributed by atoms with Gasteiger partial charge in [0.2, 0.25) is 0 Å². The van der Waals surface area contributed by atoms with Crippen LogP contribution in [0.4, 0.5) is 0 Å². The largest absolute Gasteiger partial charge is 0.451 e. The second-order valence-electron chi connectivity index (χ2n) is 7.71. The monoisotopic (exact) mass is 396 g/mol. The minimum Gasteiger partial charge on any atom is -0.451 e. The Morgan fingerprint density at radius 1 is 1.18 bits per heavy atom. The molecule has 28 heavy (non-hydrogen) atoms. The van der Waals surface area contributed by atoms with Crippen LogP contribution in [0.3, 0.4) is 0 Å². The van der Waals surface area contributed by atoms with Gasteiger partial charge in [-0.3, -0.25) is 9.69 Å². The summed E-state index contributed by atoms with van der Waals surface area (Å²) >= 11 is 6.07. The minimum atomic E-state index is -0.137. The normalized spacial score (nSPS) is 15.8. The Kier molecular flexibility index (Phi) is 5.42. The summed E-state index contributed by atoms with van der Waals surface area (Å²) in [6.07, 6.45) is 1.89. The van der Waals surface area contributed by atoms with Crippen molar-refractivity contribution in [2.75, 3.05) is 13.1 Å². The van der Waals surface area contributed by atoms with Crippen LogP contribution in [0.1, 0.15) is 40.1 Å². The number of carbonyl (C=O) groups is 1. The number of halogens is 1. The lowest BCUT2D eigenvalue weighted by molar-refractivity contribution is 0.0882. The third-order valence-corrected chi connectivity index (χ3v) is 5.75. The van der Waals surface area contributed by atoms with Gasteiger partial charge in [0.15, 0.2) is 5.76 Å². The molecule has 1 saturated heterocycles. The number of hydrogen-bond donors (Lipinski definition) is 1. The molecule has 1 fully saturated rings. The van der Waals surface area contributed by atoms with Gasteiger partial charge in [0, 0.05) is 41.6 Å². The molecule has 0 unspecified atom stereocenters. The lowest BCUT2D eigenvalue weighted by Crippen LogP contribution is -2.44. The number of rotatable bonds is 4. The first-order valence-corrected chi connectivity index (χ1v) is 10.1. The number of nitrogens with zero attached hydrogens (tertiary/aromatic N) is 1. The average molecular weight is 397 g/mol. The molecular weight excluding hydrogens is 372 g/mol. The van der Waals surface area contributed by atoms with E-state index in [9.17, 15) is 4.79 Å². The van der Waals surface area contributed by atoms with Gasteiger partial charge in [-0.05, 0) is 50.5 Å². The van der Waals surface area contributed by atoms with E-state index in [1.165, 1.54) is 11.1 Å². The Morgan fingerprint density at radius 3 is 2.71 bits per heavy atom. The van der Waals surface area contributed by atoms with Crippen molar-refractivity contribution < 1.29 is 9.21 Å². The topological polar surface area (TPSA) is 45.5 Å². The summed E-state index contributed by atoms with van der Waals surface area (Å²) in [4.78, 5) is 15.2. The van der Waals surface area contributed by atoms with E-state index in [2.05, 4.69) is 41.4 Å². The minimum absolute atomic E-state index is 0.137. The van der Waals surface area contributed by atoms with E-state index in [4.69, 9.17) is 16.0 Å². The number of carbonyl (C=O) groups excluding carboxylic acids is 1. The SMILES string of the molecule is Cc1cccc(CN2CCC(NC(=O)c3oc4ccc(Cl)cc4c3C)CC2)c1.